The molecular formula is C9H12OS. The molecule has 1 rings (SSSR count). The van der Waals surface area contributed by atoms with E-state index in [0.29, 0.717) is 6.42 Å². The minimum atomic E-state index is -0.362. The van der Waals surface area contributed by atoms with E-state index in [-0.39, 0.29) is 6.10 Å². The summed E-state index contributed by atoms with van der Waals surface area (Å²) in [5, 5.41) is 11.5. The van der Waals surface area contributed by atoms with Crippen molar-refractivity contribution in [3.05, 3.63) is 34.5 Å². The predicted octanol–water partition coefficient (Wildman–Crippen LogP) is 2.67. The van der Waals surface area contributed by atoms with Crippen molar-refractivity contribution in [2.24, 2.45) is 0 Å². The summed E-state index contributed by atoms with van der Waals surface area (Å²) >= 11 is 1.66. The molecule has 0 saturated heterocycles. The van der Waals surface area contributed by atoms with Gasteiger partial charge >= 0.3 is 0 Å². The molecule has 11 heavy (non-hydrogen) atoms. The number of aliphatic hydroxyl groups excluding tert-OH is 1. The van der Waals surface area contributed by atoms with E-state index in [4.69, 9.17) is 0 Å². The topological polar surface area (TPSA) is 20.2 Å². The number of hydrogen-bond donors (Lipinski definition) is 1. The number of thiophene rings is 1. The van der Waals surface area contributed by atoms with E-state index in [2.05, 4.69) is 6.58 Å². The van der Waals surface area contributed by atoms with Gasteiger partial charge in [0.05, 0.1) is 6.10 Å². The molecule has 0 amide bonds. The van der Waals surface area contributed by atoms with Gasteiger partial charge in [-0.25, -0.2) is 0 Å². The van der Waals surface area contributed by atoms with Gasteiger partial charge in [0.2, 0.25) is 0 Å². The molecule has 0 bridgehead atoms. The van der Waals surface area contributed by atoms with E-state index in [9.17, 15) is 5.11 Å². The lowest BCUT2D eigenvalue weighted by Gasteiger charge is -2.05. The molecule has 1 unspecified atom stereocenters. The molecule has 0 fully saturated rings. The maximum Gasteiger partial charge on any atom is 0.0834 e. The van der Waals surface area contributed by atoms with E-state index in [1.807, 2.05) is 18.4 Å². The quantitative estimate of drug-likeness (QED) is 0.688. The maximum atomic E-state index is 9.53. The first-order valence-corrected chi connectivity index (χ1v) is 4.46. The first-order valence-electron chi connectivity index (χ1n) is 3.58. The molecule has 60 valence electrons. The lowest BCUT2D eigenvalue weighted by atomic mass is 10.1. The second-order valence-corrected chi connectivity index (χ2v) is 3.59. The first-order chi connectivity index (χ1) is 5.25. The van der Waals surface area contributed by atoms with Crippen LogP contribution in [-0.2, 0) is 0 Å². The molecule has 0 radical (unpaired) electrons. The van der Waals surface area contributed by atoms with Crippen molar-refractivity contribution in [3.8, 4) is 0 Å². The Balaban J connectivity index is 2.74. The summed E-state index contributed by atoms with van der Waals surface area (Å²) in [6, 6.07) is 1.97. The van der Waals surface area contributed by atoms with Gasteiger partial charge in [0.15, 0.2) is 0 Å². The van der Waals surface area contributed by atoms with Gasteiger partial charge in [-0.3, -0.25) is 0 Å². The van der Waals surface area contributed by atoms with Gasteiger partial charge in [-0.2, -0.15) is 0 Å². The second kappa shape index (κ2) is 3.69. The number of aryl methyl sites for hydroxylation is 1. The van der Waals surface area contributed by atoms with E-state index >= 15 is 0 Å². The highest BCUT2D eigenvalue weighted by atomic mass is 32.1. The summed E-state index contributed by atoms with van der Waals surface area (Å²) in [4.78, 5) is 1.19. The summed E-state index contributed by atoms with van der Waals surface area (Å²) in [5.74, 6) is 0. The Bertz CT molecular complexity index is 239. The normalized spacial score (nSPS) is 12.9. The molecule has 0 aliphatic carbocycles. The zero-order chi connectivity index (χ0) is 8.27. The van der Waals surface area contributed by atoms with Crippen molar-refractivity contribution in [1.29, 1.82) is 0 Å². The van der Waals surface area contributed by atoms with Crippen molar-refractivity contribution in [3.63, 3.8) is 0 Å². The van der Waals surface area contributed by atoms with Crippen LogP contribution in [0, 0.1) is 6.92 Å². The van der Waals surface area contributed by atoms with Crippen LogP contribution in [0.15, 0.2) is 24.1 Å². The fourth-order valence-corrected chi connectivity index (χ4v) is 1.78. The molecule has 0 aliphatic heterocycles. The molecule has 1 N–H and O–H groups in total. The third kappa shape index (κ3) is 1.91. The number of rotatable bonds is 3. The molecule has 1 atom stereocenters. The molecule has 2 heteroatoms. The summed E-state index contributed by atoms with van der Waals surface area (Å²) in [5.41, 5.74) is 1.04. The Hall–Kier alpha value is -0.600. The van der Waals surface area contributed by atoms with Gasteiger partial charge in [0.1, 0.15) is 0 Å². The minimum absolute atomic E-state index is 0.362. The Labute approximate surface area is 71.0 Å². The number of aliphatic hydroxyl groups is 1. The molecule has 0 spiro atoms. The predicted molar refractivity (Wildman–Crippen MR) is 48.8 cm³/mol. The SMILES string of the molecule is C=CCC(O)c1ccsc1C. The van der Waals surface area contributed by atoms with Gasteiger partial charge in [-0.05, 0) is 30.4 Å². The number of hydrogen-bond acceptors (Lipinski definition) is 2. The summed E-state index contributed by atoms with van der Waals surface area (Å²) in [6.07, 6.45) is 2.01. The lowest BCUT2D eigenvalue weighted by molar-refractivity contribution is 0.181. The van der Waals surface area contributed by atoms with Crippen molar-refractivity contribution >= 4 is 11.3 Å². The smallest absolute Gasteiger partial charge is 0.0834 e. The van der Waals surface area contributed by atoms with E-state index < -0.39 is 0 Å². The Morgan fingerprint density at radius 3 is 3.00 bits per heavy atom. The highest BCUT2D eigenvalue weighted by Crippen LogP contribution is 2.24. The summed E-state index contributed by atoms with van der Waals surface area (Å²) < 4.78 is 0. The molecule has 1 aromatic rings. The highest BCUT2D eigenvalue weighted by Gasteiger charge is 2.08. The van der Waals surface area contributed by atoms with Crippen LogP contribution in [0.4, 0.5) is 0 Å². The van der Waals surface area contributed by atoms with Crippen LogP contribution in [0.1, 0.15) is 23.0 Å². The van der Waals surface area contributed by atoms with Gasteiger partial charge in [-0.15, -0.1) is 17.9 Å². The van der Waals surface area contributed by atoms with Crippen LogP contribution in [0.25, 0.3) is 0 Å². The Kier molecular flexibility index (Phi) is 2.85. The summed E-state index contributed by atoms with van der Waals surface area (Å²) in [7, 11) is 0. The van der Waals surface area contributed by atoms with Gasteiger partial charge in [0.25, 0.3) is 0 Å². The van der Waals surface area contributed by atoms with Crippen LogP contribution < -0.4 is 0 Å². The van der Waals surface area contributed by atoms with Crippen LogP contribution >= 0.6 is 11.3 Å². The monoisotopic (exact) mass is 168 g/mol. The molecule has 0 aromatic carbocycles. The Morgan fingerprint density at radius 1 is 1.82 bits per heavy atom. The molecule has 1 aromatic heterocycles. The van der Waals surface area contributed by atoms with E-state index in [0.717, 1.165) is 5.56 Å². The fraction of sp³-hybridized carbons (Fsp3) is 0.333. The third-order valence-corrected chi connectivity index (χ3v) is 2.51. The average molecular weight is 168 g/mol. The molecular weight excluding hydrogens is 156 g/mol. The molecule has 1 nitrogen and oxygen atoms in total. The average Bonchev–Trinajstić information content (AvgIpc) is 2.36. The van der Waals surface area contributed by atoms with E-state index in [1.165, 1.54) is 4.88 Å². The van der Waals surface area contributed by atoms with Crippen molar-refractivity contribution in [1.82, 2.24) is 0 Å². The van der Waals surface area contributed by atoms with E-state index in [1.54, 1.807) is 17.4 Å². The zero-order valence-corrected chi connectivity index (χ0v) is 7.40. The van der Waals surface area contributed by atoms with Crippen molar-refractivity contribution < 1.29 is 5.11 Å². The summed E-state index contributed by atoms with van der Waals surface area (Å²) in [6.45, 7) is 5.60. The van der Waals surface area contributed by atoms with Crippen LogP contribution in [0.5, 0.6) is 0 Å². The maximum absolute atomic E-state index is 9.53. The van der Waals surface area contributed by atoms with Gasteiger partial charge in [-0.1, -0.05) is 6.08 Å². The first kappa shape index (κ1) is 8.50. The largest absolute Gasteiger partial charge is 0.388 e. The minimum Gasteiger partial charge on any atom is -0.388 e. The fourth-order valence-electron chi connectivity index (χ4n) is 1.03. The Morgan fingerprint density at radius 2 is 2.55 bits per heavy atom. The van der Waals surface area contributed by atoms with Crippen molar-refractivity contribution in [2.45, 2.75) is 19.4 Å². The highest BCUT2D eigenvalue weighted by molar-refractivity contribution is 7.10. The zero-order valence-electron chi connectivity index (χ0n) is 6.58. The second-order valence-electron chi connectivity index (χ2n) is 2.47. The molecule has 0 saturated carbocycles. The third-order valence-electron chi connectivity index (χ3n) is 1.65. The van der Waals surface area contributed by atoms with Crippen LogP contribution in [-0.4, -0.2) is 5.11 Å². The molecule has 1 heterocycles. The van der Waals surface area contributed by atoms with Gasteiger partial charge < -0.3 is 5.11 Å². The van der Waals surface area contributed by atoms with Gasteiger partial charge in [0, 0.05) is 4.88 Å². The lowest BCUT2D eigenvalue weighted by Crippen LogP contribution is -1.94. The van der Waals surface area contributed by atoms with Crippen LogP contribution in [0.3, 0.4) is 0 Å². The van der Waals surface area contributed by atoms with Crippen molar-refractivity contribution in [2.75, 3.05) is 0 Å². The molecule has 0 aliphatic rings. The van der Waals surface area contributed by atoms with Crippen LogP contribution in [0.2, 0.25) is 0 Å². The standard InChI is InChI=1S/C9H12OS/c1-3-4-9(10)8-5-6-11-7(8)2/h3,5-6,9-10H,1,4H2,2H3.